The summed E-state index contributed by atoms with van der Waals surface area (Å²) >= 11 is 0. The van der Waals surface area contributed by atoms with Crippen LogP contribution in [0.25, 0.3) is 0 Å². The van der Waals surface area contributed by atoms with Crippen molar-refractivity contribution in [3.63, 3.8) is 0 Å². The maximum atomic E-state index is 11.8. The number of aliphatic carboxylic acids is 1. The maximum Gasteiger partial charge on any atom is 0.331 e. The monoisotopic (exact) mass is 298 g/mol. The molecule has 22 heavy (non-hydrogen) atoms. The molecule has 2 aromatic carbocycles. The van der Waals surface area contributed by atoms with Gasteiger partial charge in [0.05, 0.1) is 0 Å². The lowest BCUT2D eigenvalue weighted by Gasteiger charge is -2.30. The van der Waals surface area contributed by atoms with Gasteiger partial charge in [-0.3, -0.25) is 0 Å². The fourth-order valence-corrected chi connectivity index (χ4v) is 2.54. The number of benzene rings is 2. The van der Waals surface area contributed by atoms with E-state index in [1.165, 1.54) is 0 Å². The minimum absolute atomic E-state index is 0.621. The van der Waals surface area contributed by atoms with E-state index >= 15 is 0 Å². The number of carboxylic acid groups (broad SMARTS) is 1. The van der Waals surface area contributed by atoms with Crippen LogP contribution in [0.4, 0.5) is 11.4 Å². The third kappa shape index (κ3) is 3.39. The van der Waals surface area contributed by atoms with Crippen LogP contribution in [0, 0.1) is 0 Å². The Morgan fingerprint density at radius 1 is 1.00 bits per heavy atom. The quantitative estimate of drug-likeness (QED) is 0.887. The van der Waals surface area contributed by atoms with Gasteiger partial charge in [-0.1, -0.05) is 30.3 Å². The number of nitrogens with zero attached hydrogens (tertiary/aromatic N) is 2. The molecule has 0 heterocycles. The lowest BCUT2D eigenvalue weighted by molar-refractivity contribution is -0.138. The van der Waals surface area contributed by atoms with Crippen LogP contribution < -0.4 is 9.80 Å². The van der Waals surface area contributed by atoms with Gasteiger partial charge in [-0.15, -0.1) is 0 Å². The second-order valence-electron chi connectivity index (χ2n) is 5.35. The van der Waals surface area contributed by atoms with E-state index in [1.54, 1.807) is 0 Å². The van der Waals surface area contributed by atoms with E-state index in [9.17, 15) is 9.90 Å². The number of likely N-dealkylation sites (N-methyl/N-ethyl adjacent to an activating group) is 1. The molecule has 0 fully saturated rings. The van der Waals surface area contributed by atoms with Gasteiger partial charge in [-0.25, -0.2) is 4.79 Å². The van der Waals surface area contributed by atoms with Crippen molar-refractivity contribution in [1.82, 2.24) is 0 Å². The minimum atomic E-state index is -0.844. The predicted octanol–water partition coefficient (Wildman–Crippen LogP) is 3.40. The second-order valence-corrected chi connectivity index (χ2v) is 5.35. The summed E-state index contributed by atoms with van der Waals surface area (Å²) in [7, 11) is 3.93. The van der Waals surface area contributed by atoms with Gasteiger partial charge in [-0.05, 0) is 36.8 Å². The molecule has 1 unspecified atom stereocenters. The van der Waals surface area contributed by atoms with Crippen LogP contribution in [0.3, 0.4) is 0 Å². The van der Waals surface area contributed by atoms with Crippen LogP contribution in [0.15, 0.2) is 54.6 Å². The van der Waals surface area contributed by atoms with E-state index in [-0.39, 0.29) is 0 Å². The average molecular weight is 298 g/mol. The summed E-state index contributed by atoms with van der Waals surface area (Å²) in [6.45, 7) is 2.59. The number of carboxylic acids is 1. The van der Waals surface area contributed by atoms with Crippen LogP contribution >= 0.6 is 0 Å². The molecular weight excluding hydrogens is 276 g/mol. The number of carbonyl (C=O) groups is 1. The Bertz CT molecular complexity index is 609. The van der Waals surface area contributed by atoms with Crippen molar-refractivity contribution in [2.45, 2.75) is 13.0 Å². The highest BCUT2D eigenvalue weighted by molar-refractivity contribution is 5.80. The molecule has 4 heteroatoms. The highest BCUT2D eigenvalue weighted by Crippen LogP contribution is 2.28. The predicted molar refractivity (Wildman–Crippen MR) is 90.6 cm³/mol. The molecule has 0 saturated heterocycles. The van der Waals surface area contributed by atoms with E-state index in [0.29, 0.717) is 6.54 Å². The lowest BCUT2D eigenvalue weighted by atomic mass is 10.0. The normalized spacial score (nSPS) is 11.8. The molecule has 0 aliphatic heterocycles. The second kappa shape index (κ2) is 6.98. The third-order valence-electron chi connectivity index (χ3n) is 3.70. The van der Waals surface area contributed by atoms with E-state index < -0.39 is 12.0 Å². The van der Waals surface area contributed by atoms with Crippen molar-refractivity contribution >= 4 is 17.3 Å². The number of hydrogen-bond acceptors (Lipinski definition) is 3. The third-order valence-corrected chi connectivity index (χ3v) is 3.70. The molecule has 1 atom stereocenters. The summed E-state index contributed by atoms with van der Waals surface area (Å²) in [5.41, 5.74) is 2.74. The largest absolute Gasteiger partial charge is 0.479 e. The molecular formula is C18H22N2O2. The smallest absolute Gasteiger partial charge is 0.331 e. The van der Waals surface area contributed by atoms with Crippen LogP contribution in [0.2, 0.25) is 0 Å². The van der Waals surface area contributed by atoms with Crippen LogP contribution in [0.1, 0.15) is 18.5 Å². The first kappa shape index (κ1) is 15.9. The SMILES string of the molecule is CCN(c1ccccc1)C(C(=O)O)c1ccc(N(C)C)cc1. The van der Waals surface area contributed by atoms with E-state index in [0.717, 1.165) is 16.9 Å². The fourth-order valence-electron chi connectivity index (χ4n) is 2.54. The topological polar surface area (TPSA) is 43.8 Å². The van der Waals surface area contributed by atoms with Crippen LogP contribution in [-0.4, -0.2) is 31.7 Å². The van der Waals surface area contributed by atoms with E-state index in [2.05, 4.69) is 0 Å². The van der Waals surface area contributed by atoms with Crippen molar-refractivity contribution < 1.29 is 9.90 Å². The van der Waals surface area contributed by atoms with Crippen molar-refractivity contribution in [3.8, 4) is 0 Å². The van der Waals surface area contributed by atoms with Gasteiger partial charge in [-0.2, -0.15) is 0 Å². The van der Waals surface area contributed by atoms with Crippen molar-refractivity contribution in [1.29, 1.82) is 0 Å². The first-order valence-electron chi connectivity index (χ1n) is 7.36. The summed E-state index contributed by atoms with van der Waals surface area (Å²) in [5.74, 6) is -0.844. The first-order valence-corrected chi connectivity index (χ1v) is 7.36. The minimum Gasteiger partial charge on any atom is -0.479 e. The van der Waals surface area contributed by atoms with Gasteiger partial charge in [0, 0.05) is 32.0 Å². The van der Waals surface area contributed by atoms with Gasteiger partial charge >= 0.3 is 5.97 Å². The fraction of sp³-hybridized carbons (Fsp3) is 0.278. The Hall–Kier alpha value is -2.49. The van der Waals surface area contributed by atoms with Crippen molar-refractivity contribution in [3.05, 3.63) is 60.2 Å². The first-order chi connectivity index (χ1) is 10.5. The summed E-state index contributed by atoms with van der Waals surface area (Å²) in [6, 6.07) is 16.6. The number of para-hydroxylation sites is 1. The number of anilines is 2. The zero-order valence-corrected chi connectivity index (χ0v) is 13.2. The molecule has 1 N–H and O–H groups in total. The number of rotatable bonds is 6. The average Bonchev–Trinajstić information content (AvgIpc) is 2.53. The van der Waals surface area contributed by atoms with Crippen LogP contribution in [0.5, 0.6) is 0 Å². The molecule has 0 aliphatic carbocycles. The standard InChI is InChI=1S/C18H22N2O2/c1-4-20(16-8-6-5-7-9-16)17(18(21)22)14-10-12-15(13-11-14)19(2)3/h5-13,17H,4H2,1-3H3,(H,21,22). The molecule has 0 aromatic heterocycles. The Morgan fingerprint density at radius 2 is 1.59 bits per heavy atom. The summed E-state index contributed by atoms with van der Waals surface area (Å²) in [6.07, 6.45) is 0. The molecule has 0 radical (unpaired) electrons. The molecule has 0 spiro atoms. The van der Waals surface area contributed by atoms with Gasteiger partial charge < -0.3 is 14.9 Å². The Kier molecular flexibility index (Phi) is 5.04. The number of hydrogen-bond donors (Lipinski definition) is 1. The Morgan fingerprint density at radius 3 is 2.05 bits per heavy atom. The zero-order chi connectivity index (χ0) is 16.1. The molecule has 2 rings (SSSR count). The van der Waals surface area contributed by atoms with Crippen molar-refractivity contribution in [2.75, 3.05) is 30.4 Å². The molecule has 2 aromatic rings. The zero-order valence-electron chi connectivity index (χ0n) is 13.2. The highest BCUT2D eigenvalue weighted by atomic mass is 16.4. The summed E-state index contributed by atoms with van der Waals surface area (Å²) in [5, 5.41) is 9.72. The van der Waals surface area contributed by atoms with Crippen LogP contribution in [-0.2, 0) is 4.79 Å². The highest BCUT2D eigenvalue weighted by Gasteiger charge is 2.26. The summed E-state index contributed by atoms with van der Waals surface area (Å²) in [4.78, 5) is 15.7. The lowest BCUT2D eigenvalue weighted by Crippen LogP contribution is -2.34. The van der Waals surface area contributed by atoms with Gasteiger partial charge in [0.15, 0.2) is 6.04 Å². The Balaban J connectivity index is 2.38. The van der Waals surface area contributed by atoms with Gasteiger partial charge in [0.2, 0.25) is 0 Å². The molecule has 4 nitrogen and oxygen atoms in total. The van der Waals surface area contributed by atoms with E-state index in [4.69, 9.17) is 0 Å². The molecule has 0 saturated carbocycles. The summed E-state index contributed by atoms with van der Waals surface area (Å²) < 4.78 is 0. The van der Waals surface area contributed by atoms with Gasteiger partial charge in [0.25, 0.3) is 0 Å². The van der Waals surface area contributed by atoms with Crippen molar-refractivity contribution in [2.24, 2.45) is 0 Å². The molecule has 0 aliphatic rings. The molecule has 0 amide bonds. The van der Waals surface area contributed by atoms with E-state index in [1.807, 2.05) is 85.4 Å². The van der Waals surface area contributed by atoms with Gasteiger partial charge in [0.1, 0.15) is 0 Å². The maximum absolute atomic E-state index is 11.8. The molecule has 116 valence electrons. The molecule has 0 bridgehead atoms. The Labute approximate surface area is 131 Å².